The first-order valence-electron chi connectivity index (χ1n) is 8.62. The molecular weight excluding hydrogens is 366 g/mol. The van der Waals surface area contributed by atoms with Gasteiger partial charge in [-0.1, -0.05) is 12.1 Å². The van der Waals surface area contributed by atoms with E-state index in [1.165, 1.54) is 0 Å². The number of rotatable bonds is 3. The first-order valence-corrected chi connectivity index (χ1v) is 10.2. The maximum Gasteiger partial charge on any atom is 0.253 e. The summed E-state index contributed by atoms with van der Waals surface area (Å²) in [5.74, 6) is -0.106. The number of piperidine rings is 1. The van der Waals surface area contributed by atoms with Crippen LogP contribution in [-0.2, 0) is 10.0 Å². The molecule has 0 spiro atoms. The number of sulfonamides is 1. The molecule has 140 valence electrons. The molecule has 0 unspecified atom stereocenters. The number of nitrogens with one attached hydrogen (secondary N) is 1. The molecule has 0 atom stereocenters. The van der Waals surface area contributed by atoms with Crippen LogP contribution in [0, 0.1) is 0 Å². The Morgan fingerprint density at radius 3 is 2.52 bits per heavy atom. The molecule has 0 bridgehead atoms. The van der Waals surface area contributed by atoms with Crippen molar-refractivity contribution < 1.29 is 13.2 Å². The number of likely N-dealkylation sites (tertiary alicyclic amines) is 1. The zero-order chi connectivity index (χ0) is 19.0. The number of carbonyl (C=O) groups is 1. The van der Waals surface area contributed by atoms with Crippen molar-refractivity contribution in [3.8, 4) is 11.1 Å². The van der Waals surface area contributed by atoms with Gasteiger partial charge >= 0.3 is 0 Å². The Hall–Kier alpha value is -2.78. The van der Waals surface area contributed by atoms with Gasteiger partial charge in [-0.3, -0.25) is 9.78 Å². The summed E-state index contributed by atoms with van der Waals surface area (Å²) in [7, 11) is -3.54. The first-order chi connectivity index (χ1) is 12.9. The molecule has 0 saturated carbocycles. The number of primary sulfonamides is 1. The fraction of sp³-hybridized carbons (Fsp3) is 0.278. The Morgan fingerprint density at radius 1 is 1.15 bits per heavy atom. The average molecular weight is 385 g/mol. The molecule has 3 heterocycles. The number of benzene rings is 1. The maximum absolute atomic E-state index is 12.7. The quantitative estimate of drug-likeness (QED) is 0.708. The van der Waals surface area contributed by atoms with E-state index in [2.05, 4.69) is 15.0 Å². The van der Waals surface area contributed by atoms with Gasteiger partial charge in [0.2, 0.25) is 10.0 Å². The van der Waals surface area contributed by atoms with Gasteiger partial charge < -0.3 is 9.88 Å². The number of nitrogens with two attached hydrogens (primary N) is 1. The molecule has 1 aliphatic heterocycles. The highest BCUT2D eigenvalue weighted by atomic mass is 32.2. The molecule has 1 saturated heterocycles. The van der Waals surface area contributed by atoms with Crippen molar-refractivity contribution in [3.05, 3.63) is 48.5 Å². The van der Waals surface area contributed by atoms with Crippen molar-refractivity contribution in [2.24, 2.45) is 5.14 Å². The summed E-state index contributed by atoms with van der Waals surface area (Å²) < 4.78 is 22.9. The van der Waals surface area contributed by atoms with E-state index in [-0.39, 0.29) is 5.91 Å². The first kappa shape index (κ1) is 17.6. The third-order valence-corrected chi connectivity index (χ3v) is 6.37. The molecule has 1 aromatic carbocycles. The number of aromatic nitrogens is 3. The van der Waals surface area contributed by atoms with Crippen LogP contribution < -0.4 is 5.14 Å². The molecule has 3 aromatic rings. The van der Waals surface area contributed by atoms with Crippen LogP contribution in [0.1, 0.15) is 23.2 Å². The molecule has 1 aliphatic rings. The normalized spacial score (nSPS) is 16.0. The molecule has 0 aliphatic carbocycles. The highest BCUT2D eigenvalue weighted by molar-refractivity contribution is 7.89. The van der Waals surface area contributed by atoms with E-state index in [1.54, 1.807) is 35.8 Å². The van der Waals surface area contributed by atoms with Gasteiger partial charge in [-0.05, 0) is 30.5 Å². The fourth-order valence-corrected chi connectivity index (χ4v) is 4.31. The SMILES string of the molecule is NS(=O)(=O)C1CCN(C(=O)c2ccc(-c3cncc4[nH]cnc34)cc2)CC1. The van der Waals surface area contributed by atoms with Crippen LogP contribution in [0.15, 0.2) is 43.0 Å². The number of nitrogens with zero attached hydrogens (tertiary/aromatic N) is 3. The third kappa shape index (κ3) is 3.43. The monoisotopic (exact) mass is 385 g/mol. The van der Waals surface area contributed by atoms with Gasteiger partial charge in [0.05, 0.1) is 28.8 Å². The van der Waals surface area contributed by atoms with Crippen LogP contribution in [-0.4, -0.2) is 52.5 Å². The Bertz CT molecular complexity index is 1080. The summed E-state index contributed by atoms with van der Waals surface area (Å²) in [5.41, 5.74) is 4.06. The molecule has 1 amide bonds. The molecular formula is C18H19N5O3S. The second-order valence-electron chi connectivity index (χ2n) is 6.64. The van der Waals surface area contributed by atoms with Gasteiger partial charge in [-0.25, -0.2) is 18.5 Å². The van der Waals surface area contributed by atoms with E-state index in [9.17, 15) is 13.2 Å². The second-order valence-corrected chi connectivity index (χ2v) is 8.49. The third-order valence-electron chi connectivity index (χ3n) is 4.97. The summed E-state index contributed by atoms with van der Waals surface area (Å²) in [6.07, 6.45) is 5.83. The summed E-state index contributed by atoms with van der Waals surface area (Å²) in [5, 5.41) is 4.64. The summed E-state index contributed by atoms with van der Waals surface area (Å²) >= 11 is 0. The number of aromatic amines is 1. The van der Waals surface area contributed by atoms with Gasteiger partial charge in [-0.15, -0.1) is 0 Å². The standard InChI is InChI=1S/C18H19N5O3S/c19-27(25,26)14-5-7-23(8-6-14)18(24)13-3-1-12(2-4-13)15-9-20-10-16-17(15)22-11-21-16/h1-4,9-11,14H,5-8H2,(H,21,22)(H2,19,25,26). The number of H-pyrrole nitrogens is 1. The molecule has 1 fully saturated rings. The van der Waals surface area contributed by atoms with Crippen molar-refractivity contribution in [2.45, 2.75) is 18.1 Å². The number of fused-ring (bicyclic) bond motifs is 1. The number of hydrogen-bond acceptors (Lipinski definition) is 5. The van der Waals surface area contributed by atoms with Crippen molar-refractivity contribution in [1.29, 1.82) is 0 Å². The van der Waals surface area contributed by atoms with E-state index >= 15 is 0 Å². The van der Waals surface area contributed by atoms with Crippen LogP contribution in [0.3, 0.4) is 0 Å². The highest BCUT2D eigenvalue weighted by Crippen LogP contribution is 2.26. The number of imidazole rings is 1. The molecule has 0 radical (unpaired) electrons. The maximum atomic E-state index is 12.7. The van der Waals surface area contributed by atoms with Crippen molar-refractivity contribution in [3.63, 3.8) is 0 Å². The molecule has 2 aromatic heterocycles. The van der Waals surface area contributed by atoms with E-state index < -0.39 is 15.3 Å². The lowest BCUT2D eigenvalue weighted by Gasteiger charge is -2.31. The van der Waals surface area contributed by atoms with Gasteiger partial charge in [0, 0.05) is 30.4 Å². The lowest BCUT2D eigenvalue weighted by atomic mass is 10.0. The minimum Gasteiger partial charge on any atom is -0.343 e. The van der Waals surface area contributed by atoms with Crippen molar-refractivity contribution >= 4 is 27.0 Å². The summed E-state index contributed by atoms with van der Waals surface area (Å²) in [4.78, 5) is 25.9. The van der Waals surface area contributed by atoms with Gasteiger partial charge in [0.25, 0.3) is 5.91 Å². The lowest BCUT2D eigenvalue weighted by Crippen LogP contribution is -2.44. The molecule has 8 nitrogen and oxygen atoms in total. The molecule has 3 N–H and O–H groups in total. The van der Waals surface area contributed by atoms with Crippen LogP contribution in [0.25, 0.3) is 22.2 Å². The minimum atomic E-state index is -3.54. The van der Waals surface area contributed by atoms with E-state index in [0.29, 0.717) is 31.5 Å². The highest BCUT2D eigenvalue weighted by Gasteiger charge is 2.29. The van der Waals surface area contributed by atoms with Gasteiger partial charge in [-0.2, -0.15) is 0 Å². The van der Waals surface area contributed by atoms with E-state index in [0.717, 1.165) is 22.2 Å². The molecule has 4 rings (SSSR count). The Morgan fingerprint density at radius 2 is 1.85 bits per heavy atom. The lowest BCUT2D eigenvalue weighted by molar-refractivity contribution is 0.0725. The van der Waals surface area contributed by atoms with Crippen LogP contribution in [0.5, 0.6) is 0 Å². The number of amides is 1. The van der Waals surface area contributed by atoms with Crippen molar-refractivity contribution in [1.82, 2.24) is 19.9 Å². The topological polar surface area (TPSA) is 122 Å². The Labute approximate surface area is 156 Å². The molecule has 9 heteroatoms. The second kappa shape index (κ2) is 6.75. The zero-order valence-electron chi connectivity index (χ0n) is 14.5. The minimum absolute atomic E-state index is 0.106. The largest absolute Gasteiger partial charge is 0.343 e. The fourth-order valence-electron chi connectivity index (χ4n) is 3.44. The summed E-state index contributed by atoms with van der Waals surface area (Å²) in [6.45, 7) is 0.774. The number of pyridine rings is 1. The van der Waals surface area contributed by atoms with Crippen LogP contribution in [0.4, 0.5) is 0 Å². The number of carbonyl (C=O) groups excluding carboxylic acids is 1. The average Bonchev–Trinajstić information content (AvgIpc) is 3.16. The Kier molecular flexibility index (Phi) is 4.40. The van der Waals surface area contributed by atoms with E-state index in [1.807, 2.05) is 12.1 Å². The van der Waals surface area contributed by atoms with Crippen LogP contribution >= 0.6 is 0 Å². The predicted octanol–water partition coefficient (Wildman–Crippen LogP) is 1.52. The smallest absolute Gasteiger partial charge is 0.253 e. The van der Waals surface area contributed by atoms with Crippen LogP contribution in [0.2, 0.25) is 0 Å². The van der Waals surface area contributed by atoms with E-state index in [4.69, 9.17) is 5.14 Å². The summed E-state index contributed by atoms with van der Waals surface area (Å²) in [6, 6.07) is 7.29. The van der Waals surface area contributed by atoms with Gasteiger partial charge in [0.15, 0.2) is 0 Å². The van der Waals surface area contributed by atoms with Crippen molar-refractivity contribution in [2.75, 3.05) is 13.1 Å². The molecule has 27 heavy (non-hydrogen) atoms. The van der Waals surface area contributed by atoms with Gasteiger partial charge in [0.1, 0.15) is 0 Å². The zero-order valence-corrected chi connectivity index (χ0v) is 15.3. The number of hydrogen-bond donors (Lipinski definition) is 2. The Balaban J connectivity index is 1.51. The predicted molar refractivity (Wildman–Crippen MR) is 101 cm³/mol.